The van der Waals surface area contributed by atoms with Crippen LogP contribution >= 0.6 is 0 Å². The fourth-order valence-electron chi connectivity index (χ4n) is 1.37. The second kappa shape index (κ2) is 3.98. The summed E-state index contributed by atoms with van der Waals surface area (Å²) in [4.78, 5) is 34.5. The molecule has 1 fully saturated rings. The van der Waals surface area contributed by atoms with E-state index in [-0.39, 0.29) is 31.2 Å². The Balaban J connectivity index is 2.79. The number of amides is 2. The number of nitrogens with zero attached hydrogens (tertiary/aromatic N) is 1. The maximum absolute atomic E-state index is 11.3. The fourth-order valence-corrected chi connectivity index (χ4v) is 1.37. The van der Waals surface area contributed by atoms with Crippen molar-refractivity contribution in [3.05, 3.63) is 0 Å². The van der Waals surface area contributed by atoms with Crippen LogP contribution in [0.4, 0.5) is 0 Å². The van der Waals surface area contributed by atoms with Gasteiger partial charge >= 0.3 is 5.97 Å². The van der Waals surface area contributed by atoms with Gasteiger partial charge in [-0.3, -0.25) is 19.3 Å². The van der Waals surface area contributed by atoms with Gasteiger partial charge in [0, 0.05) is 12.8 Å². The van der Waals surface area contributed by atoms with Crippen molar-refractivity contribution in [3.8, 4) is 0 Å². The Morgan fingerprint density at radius 3 is 2.27 bits per heavy atom. The van der Waals surface area contributed by atoms with Crippen molar-refractivity contribution in [2.75, 3.05) is 13.6 Å². The molecule has 0 aromatic heterocycles. The molecule has 0 spiro atoms. The van der Waals surface area contributed by atoms with Gasteiger partial charge in [-0.15, -0.1) is 0 Å². The molecule has 0 saturated carbocycles. The second-order valence-electron chi connectivity index (χ2n) is 3.76. The lowest BCUT2D eigenvalue weighted by atomic mass is 10.0. The first-order chi connectivity index (χ1) is 6.90. The summed E-state index contributed by atoms with van der Waals surface area (Å²) in [7, 11) is 1.49. The lowest BCUT2D eigenvalue weighted by Crippen LogP contribution is -2.56. The van der Waals surface area contributed by atoms with E-state index >= 15 is 0 Å². The van der Waals surface area contributed by atoms with Crippen LogP contribution in [-0.2, 0) is 14.4 Å². The summed E-state index contributed by atoms with van der Waals surface area (Å²) in [6, 6.07) is 0. The highest BCUT2D eigenvalue weighted by Gasteiger charge is 2.39. The molecule has 2 N–H and O–H groups in total. The van der Waals surface area contributed by atoms with E-state index in [1.54, 1.807) is 0 Å². The van der Waals surface area contributed by atoms with Gasteiger partial charge in [0.05, 0.1) is 6.54 Å². The first-order valence-corrected chi connectivity index (χ1v) is 4.66. The smallest absolute Gasteiger partial charge is 0.325 e. The Morgan fingerprint density at radius 1 is 1.47 bits per heavy atom. The summed E-state index contributed by atoms with van der Waals surface area (Å²) in [5.41, 5.74) is -1.28. The molecule has 6 nitrogen and oxygen atoms in total. The van der Waals surface area contributed by atoms with E-state index in [0.717, 1.165) is 4.90 Å². The summed E-state index contributed by atoms with van der Waals surface area (Å²) >= 11 is 0. The zero-order valence-corrected chi connectivity index (χ0v) is 8.74. The molecular formula is C9H14N2O4. The number of imide groups is 1. The normalized spacial score (nSPS) is 20.5. The first kappa shape index (κ1) is 11.6. The highest BCUT2D eigenvalue weighted by atomic mass is 16.4. The van der Waals surface area contributed by atoms with E-state index in [9.17, 15) is 14.4 Å². The number of carbonyl (C=O) groups excluding carboxylic acids is 2. The minimum Gasteiger partial charge on any atom is -0.480 e. The van der Waals surface area contributed by atoms with Gasteiger partial charge in [0.1, 0.15) is 5.54 Å². The van der Waals surface area contributed by atoms with E-state index in [0.29, 0.717) is 0 Å². The molecule has 0 aromatic carbocycles. The van der Waals surface area contributed by atoms with Gasteiger partial charge in [-0.25, -0.2) is 0 Å². The van der Waals surface area contributed by atoms with E-state index in [2.05, 4.69) is 5.32 Å². The molecule has 0 bridgehead atoms. The van der Waals surface area contributed by atoms with Crippen molar-refractivity contribution in [2.24, 2.45) is 0 Å². The molecule has 1 unspecified atom stereocenters. The molecular weight excluding hydrogens is 200 g/mol. The molecule has 2 amide bonds. The standard InChI is InChI=1S/C9H14N2O4/c1-9(10-2,8(14)15)5-11-6(12)3-4-7(11)13/h10H,3-5H2,1-2H3,(H,14,15). The van der Waals surface area contributed by atoms with Crippen LogP contribution in [0.1, 0.15) is 19.8 Å². The summed E-state index contributed by atoms with van der Waals surface area (Å²) in [5.74, 6) is -1.69. The summed E-state index contributed by atoms with van der Waals surface area (Å²) < 4.78 is 0. The van der Waals surface area contributed by atoms with Gasteiger partial charge in [-0.05, 0) is 14.0 Å². The predicted octanol–water partition coefficient (Wildman–Crippen LogP) is -0.802. The first-order valence-electron chi connectivity index (χ1n) is 4.66. The van der Waals surface area contributed by atoms with Crippen LogP contribution in [-0.4, -0.2) is 46.9 Å². The molecule has 84 valence electrons. The molecule has 1 aliphatic heterocycles. The number of likely N-dealkylation sites (N-methyl/N-ethyl adjacent to an activating group) is 1. The maximum Gasteiger partial charge on any atom is 0.325 e. The molecule has 1 rings (SSSR count). The second-order valence-corrected chi connectivity index (χ2v) is 3.76. The van der Waals surface area contributed by atoms with Gasteiger partial charge in [-0.1, -0.05) is 0 Å². The molecule has 1 heterocycles. The SMILES string of the molecule is CNC(C)(CN1C(=O)CCC1=O)C(=O)O. The molecule has 0 radical (unpaired) electrons. The minimum absolute atomic E-state index is 0.128. The molecule has 1 saturated heterocycles. The third kappa shape index (κ3) is 2.15. The monoisotopic (exact) mass is 214 g/mol. The Morgan fingerprint density at radius 2 is 1.93 bits per heavy atom. The molecule has 15 heavy (non-hydrogen) atoms. The Labute approximate surface area is 87.2 Å². The van der Waals surface area contributed by atoms with Gasteiger partial charge in [0.25, 0.3) is 0 Å². The topological polar surface area (TPSA) is 86.7 Å². The molecule has 0 aliphatic carbocycles. The highest BCUT2D eigenvalue weighted by Crippen LogP contribution is 2.16. The number of carboxylic acid groups (broad SMARTS) is 1. The Kier molecular flexibility index (Phi) is 3.09. The molecule has 0 aromatic rings. The van der Waals surface area contributed by atoms with E-state index in [1.165, 1.54) is 14.0 Å². The van der Waals surface area contributed by atoms with Crippen molar-refractivity contribution in [3.63, 3.8) is 0 Å². The van der Waals surface area contributed by atoms with E-state index in [4.69, 9.17) is 5.11 Å². The number of likely N-dealkylation sites (tertiary alicyclic amines) is 1. The van der Waals surface area contributed by atoms with E-state index in [1.807, 2.05) is 0 Å². The summed E-state index contributed by atoms with van der Waals surface area (Å²) in [6.45, 7) is 1.31. The van der Waals surface area contributed by atoms with Crippen LogP contribution < -0.4 is 5.32 Å². The zero-order valence-electron chi connectivity index (χ0n) is 8.74. The predicted molar refractivity (Wildman–Crippen MR) is 51.1 cm³/mol. The number of hydrogen-bond acceptors (Lipinski definition) is 4. The quantitative estimate of drug-likeness (QED) is 0.598. The zero-order chi connectivity index (χ0) is 11.6. The van der Waals surface area contributed by atoms with Crippen LogP contribution in [0.2, 0.25) is 0 Å². The third-order valence-corrected chi connectivity index (χ3v) is 2.65. The van der Waals surface area contributed by atoms with Crippen LogP contribution in [0.3, 0.4) is 0 Å². The molecule has 6 heteroatoms. The lowest BCUT2D eigenvalue weighted by Gasteiger charge is -2.28. The van der Waals surface area contributed by atoms with Crippen molar-refractivity contribution in [2.45, 2.75) is 25.3 Å². The maximum atomic E-state index is 11.3. The average Bonchev–Trinajstić information content (AvgIpc) is 2.49. The van der Waals surface area contributed by atoms with Gasteiger partial charge < -0.3 is 10.4 Å². The van der Waals surface area contributed by atoms with Crippen molar-refractivity contribution in [1.29, 1.82) is 0 Å². The van der Waals surface area contributed by atoms with Crippen LogP contribution in [0.5, 0.6) is 0 Å². The van der Waals surface area contributed by atoms with Gasteiger partial charge in [0.15, 0.2) is 0 Å². The average molecular weight is 214 g/mol. The van der Waals surface area contributed by atoms with Gasteiger partial charge in [0.2, 0.25) is 11.8 Å². The molecule has 1 aliphatic rings. The largest absolute Gasteiger partial charge is 0.480 e. The Hall–Kier alpha value is -1.43. The Bertz CT molecular complexity index is 299. The summed E-state index contributed by atoms with van der Waals surface area (Å²) in [6.07, 6.45) is 0.358. The van der Waals surface area contributed by atoms with Crippen molar-refractivity contribution < 1.29 is 19.5 Å². The van der Waals surface area contributed by atoms with E-state index < -0.39 is 11.5 Å². The number of aliphatic carboxylic acids is 1. The fraction of sp³-hybridized carbons (Fsp3) is 0.667. The number of nitrogens with one attached hydrogen (secondary N) is 1. The minimum atomic E-state index is -1.28. The van der Waals surface area contributed by atoms with Crippen LogP contribution in [0.25, 0.3) is 0 Å². The highest BCUT2D eigenvalue weighted by molar-refractivity contribution is 6.02. The molecule has 1 atom stereocenters. The third-order valence-electron chi connectivity index (χ3n) is 2.65. The lowest BCUT2D eigenvalue weighted by molar-refractivity contribution is -0.147. The number of rotatable bonds is 4. The number of carbonyl (C=O) groups is 3. The number of hydrogen-bond donors (Lipinski definition) is 2. The van der Waals surface area contributed by atoms with Crippen LogP contribution in [0, 0.1) is 0 Å². The van der Waals surface area contributed by atoms with Crippen molar-refractivity contribution in [1.82, 2.24) is 10.2 Å². The number of carboxylic acids is 1. The van der Waals surface area contributed by atoms with Crippen molar-refractivity contribution >= 4 is 17.8 Å². The summed E-state index contributed by atoms with van der Waals surface area (Å²) in [5, 5.41) is 11.6. The van der Waals surface area contributed by atoms with Gasteiger partial charge in [-0.2, -0.15) is 0 Å². The van der Waals surface area contributed by atoms with Crippen LogP contribution in [0.15, 0.2) is 0 Å².